The largest absolute Gasteiger partial charge is 0.508 e. The minimum atomic E-state index is -0.961. The van der Waals surface area contributed by atoms with E-state index in [0.717, 1.165) is 16.8 Å². The van der Waals surface area contributed by atoms with Crippen molar-refractivity contribution in [2.75, 3.05) is 0 Å². The second-order valence-corrected chi connectivity index (χ2v) is 4.58. The first kappa shape index (κ1) is 12.9. The molecule has 104 valence electrons. The molecule has 0 spiro atoms. The minimum Gasteiger partial charge on any atom is -0.508 e. The minimum absolute atomic E-state index is 0.164. The molecule has 0 saturated carbocycles. The molecule has 0 fully saturated rings. The molecule has 0 saturated heterocycles. The van der Waals surface area contributed by atoms with Crippen LogP contribution in [-0.2, 0) is 0 Å². The number of aromatic nitrogens is 2. The van der Waals surface area contributed by atoms with Gasteiger partial charge in [-0.3, -0.25) is 0 Å². The lowest BCUT2D eigenvalue weighted by Gasteiger charge is -2.01. The van der Waals surface area contributed by atoms with Crippen LogP contribution in [-0.4, -0.2) is 26.0 Å². The number of benzene rings is 2. The van der Waals surface area contributed by atoms with Crippen molar-refractivity contribution >= 4 is 5.97 Å². The lowest BCUT2D eigenvalue weighted by molar-refractivity contribution is 0.0697. The Labute approximate surface area is 120 Å². The fraction of sp³-hybridized carbons (Fsp3) is 0. The molecule has 2 aromatic carbocycles. The smallest absolute Gasteiger partial charge is 0.335 e. The lowest BCUT2D eigenvalue weighted by atomic mass is 10.1. The summed E-state index contributed by atoms with van der Waals surface area (Å²) in [5.74, 6) is -0.797. The van der Waals surface area contributed by atoms with Gasteiger partial charge < -0.3 is 10.2 Å². The van der Waals surface area contributed by atoms with Gasteiger partial charge in [0.1, 0.15) is 5.75 Å². The second kappa shape index (κ2) is 5.13. The van der Waals surface area contributed by atoms with Crippen molar-refractivity contribution in [1.82, 2.24) is 9.78 Å². The molecule has 0 radical (unpaired) electrons. The molecule has 5 nitrogen and oxygen atoms in total. The van der Waals surface area contributed by atoms with Crippen molar-refractivity contribution in [1.29, 1.82) is 0 Å². The Balaban J connectivity index is 1.98. The van der Waals surface area contributed by atoms with Crippen LogP contribution in [0.5, 0.6) is 5.75 Å². The number of hydrogen-bond donors (Lipinski definition) is 2. The predicted molar refractivity (Wildman–Crippen MR) is 77.6 cm³/mol. The molecule has 0 atom stereocenters. The highest BCUT2D eigenvalue weighted by Crippen LogP contribution is 2.22. The van der Waals surface area contributed by atoms with Crippen LogP contribution in [0, 0.1) is 0 Å². The standard InChI is InChI=1S/C16H12N2O3/c19-15-6-2-5-14(8-15)18-10-13(9-17-18)11-3-1-4-12(7-11)16(20)21/h1-10,19H,(H,20,21). The molecule has 0 aliphatic rings. The Morgan fingerprint density at radius 2 is 1.86 bits per heavy atom. The number of rotatable bonds is 3. The molecule has 2 N–H and O–H groups in total. The van der Waals surface area contributed by atoms with Crippen molar-refractivity contribution in [2.45, 2.75) is 0 Å². The first-order chi connectivity index (χ1) is 10.1. The molecule has 3 rings (SSSR count). The van der Waals surface area contributed by atoms with Gasteiger partial charge in [0.2, 0.25) is 0 Å². The van der Waals surface area contributed by atoms with E-state index in [1.54, 1.807) is 53.5 Å². The van der Waals surface area contributed by atoms with Crippen molar-refractivity contribution in [3.8, 4) is 22.6 Å². The van der Waals surface area contributed by atoms with Crippen LogP contribution in [0.2, 0.25) is 0 Å². The van der Waals surface area contributed by atoms with Crippen molar-refractivity contribution in [3.63, 3.8) is 0 Å². The van der Waals surface area contributed by atoms with Crippen molar-refractivity contribution < 1.29 is 15.0 Å². The monoisotopic (exact) mass is 280 g/mol. The van der Waals surface area contributed by atoms with Crippen LogP contribution >= 0.6 is 0 Å². The third kappa shape index (κ3) is 2.62. The summed E-state index contributed by atoms with van der Waals surface area (Å²) in [7, 11) is 0. The maximum atomic E-state index is 11.0. The fourth-order valence-electron chi connectivity index (χ4n) is 2.08. The zero-order valence-corrected chi connectivity index (χ0v) is 11.0. The average Bonchev–Trinajstić information content (AvgIpc) is 2.97. The molecule has 21 heavy (non-hydrogen) atoms. The van der Waals surface area contributed by atoms with Crippen LogP contribution in [0.4, 0.5) is 0 Å². The third-order valence-electron chi connectivity index (χ3n) is 3.12. The van der Waals surface area contributed by atoms with E-state index in [-0.39, 0.29) is 11.3 Å². The molecule has 0 aliphatic heterocycles. The van der Waals surface area contributed by atoms with E-state index in [1.165, 1.54) is 0 Å². The molecule has 0 amide bonds. The summed E-state index contributed by atoms with van der Waals surface area (Å²) in [6.07, 6.45) is 3.45. The van der Waals surface area contributed by atoms with Gasteiger partial charge >= 0.3 is 5.97 Å². The van der Waals surface area contributed by atoms with E-state index < -0.39 is 5.97 Å². The fourth-order valence-corrected chi connectivity index (χ4v) is 2.08. The van der Waals surface area contributed by atoms with Crippen LogP contribution in [0.25, 0.3) is 16.8 Å². The van der Waals surface area contributed by atoms with Crippen molar-refractivity contribution in [3.05, 3.63) is 66.5 Å². The Kier molecular flexibility index (Phi) is 3.16. The normalized spacial score (nSPS) is 10.5. The molecule has 5 heteroatoms. The molecule has 0 aliphatic carbocycles. The SMILES string of the molecule is O=C(O)c1cccc(-c2cnn(-c3cccc(O)c3)c2)c1. The van der Waals surface area contributed by atoms with Gasteiger partial charge in [0.05, 0.1) is 17.4 Å². The van der Waals surface area contributed by atoms with E-state index in [9.17, 15) is 9.90 Å². The average molecular weight is 280 g/mol. The molecular formula is C16H12N2O3. The summed E-state index contributed by atoms with van der Waals surface area (Å²) >= 11 is 0. The summed E-state index contributed by atoms with van der Waals surface area (Å²) in [5, 5.41) is 22.7. The van der Waals surface area contributed by atoms with E-state index in [1.807, 2.05) is 12.1 Å². The highest BCUT2D eigenvalue weighted by molar-refractivity contribution is 5.89. The Morgan fingerprint density at radius 1 is 1.05 bits per heavy atom. The molecule has 1 heterocycles. The quantitative estimate of drug-likeness (QED) is 0.773. The highest BCUT2D eigenvalue weighted by atomic mass is 16.4. The Morgan fingerprint density at radius 3 is 2.62 bits per heavy atom. The van der Waals surface area contributed by atoms with Crippen LogP contribution < -0.4 is 0 Å². The summed E-state index contributed by atoms with van der Waals surface area (Å²) in [6.45, 7) is 0. The van der Waals surface area contributed by atoms with Crippen LogP contribution in [0.15, 0.2) is 60.9 Å². The van der Waals surface area contributed by atoms with E-state index >= 15 is 0 Å². The van der Waals surface area contributed by atoms with Gasteiger partial charge in [-0.1, -0.05) is 18.2 Å². The van der Waals surface area contributed by atoms with Crippen molar-refractivity contribution in [2.24, 2.45) is 0 Å². The number of carboxylic acid groups (broad SMARTS) is 1. The number of aromatic hydroxyl groups is 1. The topological polar surface area (TPSA) is 75.3 Å². The van der Waals surface area contributed by atoms with E-state index in [2.05, 4.69) is 5.10 Å². The van der Waals surface area contributed by atoms with Gasteiger partial charge in [-0.15, -0.1) is 0 Å². The number of aromatic carboxylic acids is 1. The van der Waals surface area contributed by atoms with Gasteiger partial charge in [0, 0.05) is 17.8 Å². The van der Waals surface area contributed by atoms with Gasteiger partial charge in [-0.2, -0.15) is 5.10 Å². The first-order valence-corrected chi connectivity index (χ1v) is 6.31. The predicted octanol–water partition coefficient (Wildman–Crippen LogP) is 2.94. The number of nitrogens with zero attached hydrogens (tertiary/aromatic N) is 2. The number of carbonyl (C=O) groups is 1. The Bertz CT molecular complexity index is 809. The van der Waals surface area contributed by atoms with Gasteiger partial charge in [0.25, 0.3) is 0 Å². The zero-order chi connectivity index (χ0) is 14.8. The zero-order valence-electron chi connectivity index (χ0n) is 11.0. The second-order valence-electron chi connectivity index (χ2n) is 4.58. The molecular weight excluding hydrogens is 268 g/mol. The highest BCUT2D eigenvalue weighted by Gasteiger charge is 2.07. The van der Waals surface area contributed by atoms with Gasteiger partial charge in [-0.05, 0) is 29.8 Å². The number of phenols is 1. The van der Waals surface area contributed by atoms with Crippen LogP contribution in [0.3, 0.4) is 0 Å². The number of hydrogen-bond acceptors (Lipinski definition) is 3. The summed E-state index contributed by atoms with van der Waals surface area (Å²) < 4.78 is 1.63. The summed E-state index contributed by atoms with van der Waals surface area (Å²) in [6, 6.07) is 13.4. The maximum absolute atomic E-state index is 11.0. The van der Waals surface area contributed by atoms with Gasteiger partial charge in [-0.25, -0.2) is 9.48 Å². The van der Waals surface area contributed by atoms with Gasteiger partial charge in [0.15, 0.2) is 0 Å². The van der Waals surface area contributed by atoms with E-state index in [0.29, 0.717) is 0 Å². The third-order valence-corrected chi connectivity index (χ3v) is 3.12. The molecule has 1 aromatic heterocycles. The first-order valence-electron chi connectivity index (χ1n) is 6.31. The van der Waals surface area contributed by atoms with Crippen LogP contribution in [0.1, 0.15) is 10.4 Å². The summed E-state index contributed by atoms with van der Waals surface area (Å²) in [4.78, 5) is 11.0. The Hall–Kier alpha value is -3.08. The molecule has 3 aromatic rings. The maximum Gasteiger partial charge on any atom is 0.335 e. The van der Waals surface area contributed by atoms with E-state index in [4.69, 9.17) is 5.11 Å². The summed E-state index contributed by atoms with van der Waals surface area (Å²) in [5.41, 5.74) is 2.55. The lowest BCUT2D eigenvalue weighted by Crippen LogP contribution is -1.95. The molecule has 0 bridgehead atoms. The molecule has 0 unspecified atom stereocenters. The number of carboxylic acids is 1. The number of phenolic OH excluding ortho intramolecular Hbond substituents is 1.